The first-order valence-corrected chi connectivity index (χ1v) is 11.7. The highest BCUT2D eigenvalue weighted by Crippen LogP contribution is 2.47. The third kappa shape index (κ3) is 3.74. The van der Waals surface area contributed by atoms with Crippen LogP contribution in [0.3, 0.4) is 0 Å². The molecular formula is C25H26FN3OS. The largest absolute Gasteiger partial charge is 0.383 e. The number of benzene rings is 2. The van der Waals surface area contributed by atoms with Crippen molar-refractivity contribution in [1.29, 1.82) is 0 Å². The second-order valence-corrected chi connectivity index (χ2v) is 9.69. The van der Waals surface area contributed by atoms with Gasteiger partial charge in [-0.2, -0.15) is 0 Å². The molecule has 0 radical (unpaired) electrons. The van der Waals surface area contributed by atoms with E-state index >= 15 is 0 Å². The minimum Gasteiger partial charge on any atom is -0.383 e. The van der Waals surface area contributed by atoms with Crippen molar-refractivity contribution in [3.05, 3.63) is 71.0 Å². The van der Waals surface area contributed by atoms with Crippen molar-refractivity contribution in [1.82, 2.24) is 9.88 Å². The molecule has 3 heterocycles. The summed E-state index contributed by atoms with van der Waals surface area (Å²) in [6.45, 7) is 4.94. The van der Waals surface area contributed by atoms with Crippen LogP contribution in [0, 0.1) is 24.6 Å². The number of nitrogens with one attached hydrogen (secondary N) is 1. The lowest BCUT2D eigenvalue weighted by Crippen LogP contribution is -2.64. The standard InChI is InChI=1S/C25H26FN3OS/c1-15-3-8-21(24-27-9-10-31-24)22(11-15)25(30)29-20-12-17(13-20)16(2)23(29)14-28-19-6-4-18(26)5-7-19/h3-11,16-17,20,23,28H,12-14H2,1-2H3. The van der Waals surface area contributed by atoms with Gasteiger partial charge in [0.05, 0.1) is 11.6 Å². The molecule has 1 aliphatic carbocycles. The SMILES string of the molecule is Cc1ccc(-c2nccs2)c(C(=O)N2C3CC(C3)C(C)C2CNc2ccc(F)cc2)c1. The van der Waals surface area contributed by atoms with E-state index in [1.54, 1.807) is 29.7 Å². The molecule has 3 aromatic rings. The fourth-order valence-corrected chi connectivity index (χ4v) is 5.71. The number of carbonyl (C=O) groups excluding carboxylic acids is 1. The van der Waals surface area contributed by atoms with E-state index in [-0.39, 0.29) is 17.8 Å². The maximum absolute atomic E-state index is 13.9. The lowest BCUT2D eigenvalue weighted by Gasteiger charge is -2.57. The summed E-state index contributed by atoms with van der Waals surface area (Å²) >= 11 is 1.56. The number of hydrogen-bond donors (Lipinski definition) is 1. The van der Waals surface area contributed by atoms with Crippen molar-refractivity contribution >= 4 is 22.9 Å². The quantitative estimate of drug-likeness (QED) is 0.567. The number of halogens is 1. The minimum absolute atomic E-state index is 0.0924. The zero-order chi connectivity index (χ0) is 21.5. The molecule has 2 atom stereocenters. The fourth-order valence-electron chi connectivity index (χ4n) is 5.03. The van der Waals surface area contributed by atoms with Gasteiger partial charge in [-0.05, 0) is 61.9 Å². The number of hydrogen-bond acceptors (Lipinski definition) is 4. The second kappa shape index (κ2) is 8.08. The lowest BCUT2D eigenvalue weighted by molar-refractivity contribution is -0.0501. The van der Waals surface area contributed by atoms with Crippen LogP contribution in [-0.2, 0) is 0 Å². The molecule has 31 heavy (non-hydrogen) atoms. The average Bonchev–Trinajstić information content (AvgIpc) is 3.27. The van der Waals surface area contributed by atoms with Crippen LogP contribution in [0.15, 0.2) is 54.0 Å². The molecule has 2 unspecified atom stereocenters. The third-order valence-electron chi connectivity index (χ3n) is 6.91. The minimum atomic E-state index is -0.246. The van der Waals surface area contributed by atoms with Crippen molar-refractivity contribution in [2.75, 3.05) is 11.9 Å². The van der Waals surface area contributed by atoms with Crippen molar-refractivity contribution in [3.8, 4) is 10.6 Å². The van der Waals surface area contributed by atoms with Gasteiger partial charge in [-0.1, -0.05) is 24.6 Å². The Bertz CT molecular complexity index is 1080. The molecule has 2 saturated heterocycles. The normalized spacial score (nSPS) is 24.5. The van der Waals surface area contributed by atoms with E-state index in [2.05, 4.69) is 22.1 Å². The molecule has 4 nitrogen and oxygen atoms in total. The molecule has 3 aliphatic rings. The highest BCUT2D eigenvalue weighted by Gasteiger charge is 2.50. The summed E-state index contributed by atoms with van der Waals surface area (Å²) in [6, 6.07) is 12.9. The van der Waals surface area contributed by atoms with Crippen LogP contribution in [0.4, 0.5) is 10.1 Å². The summed E-state index contributed by atoms with van der Waals surface area (Å²) < 4.78 is 13.3. The zero-order valence-corrected chi connectivity index (χ0v) is 18.5. The van der Waals surface area contributed by atoms with Gasteiger partial charge in [0.1, 0.15) is 10.8 Å². The number of anilines is 1. The number of amides is 1. The van der Waals surface area contributed by atoms with E-state index in [1.807, 2.05) is 30.5 Å². The van der Waals surface area contributed by atoms with Crippen molar-refractivity contribution in [2.45, 2.75) is 38.8 Å². The number of fused-ring (bicyclic) bond motifs is 2. The number of carbonyl (C=O) groups is 1. The number of aryl methyl sites for hydroxylation is 1. The van der Waals surface area contributed by atoms with Crippen molar-refractivity contribution in [3.63, 3.8) is 0 Å². The second-order valence-electron chi connectivity index (χ2n) is 8.80. The van der Waals surface area contributed by atoms with Crippen molar-refractivity contribution in [2.24, 2.45) is 11.8 Å². The average molecular weight is 436 g/mol. The monoisotopic (exact) mass is 435 g/mol. The summed E-state index contributed by atoms with van der Waals surface area (Å²) in [7, 11) is 0. The summed E-state index contributed by atoms with van der Waals surface area (Å²) in [5.41, 5.74) is 3.59. The lowest BCUT2D eigenvalue weighted by atomic mass is 9.64. The summed E-state index contributed by atoms with van der Waals surface area (Å²) in [4.78, 5) is 20.5. The van der Waals surface area contributed by atoms with E-state index in [9.17, 15) is 9.18 Å². The third-order valence-corrected chi connectivity index (χ3v) is 7.72. The van der Waals surface area contributed by atoms with Gasteiger partial charge >= 0.3 is 0 Å². The first-order valence-electron chi connectivity index (χ1n) is 10.8. The molecule has 0 spiro atoms. The van der Waals surface area contributed by atoms with E-state index in [1.165, 1.54) is 12.1 Å². The van der Waals surface area contributed by atoms with Crippen LogP contribution in [0.2, 0.25) is 0 Å². The molecule has 1 saturated carbocycles. The molecule has 1 N–H and O–H groups in total. The van der Waals surface area contributed by atoms with Crippen LogP contribution in [0.25, 0.3) is 10.6 Å². The fraction of sp³-hybridized carbons (Fsp3) is 0.360. The highest BCUT2D eigenvalue weighted by atomic mass is 32.1. The molecule has 3 fully saturated rings. The van der Waals surface area contributed by atoms with E-state index < -0.39 is 0 Å². The number of aromatic nitrogens is 1. The van der Waals surface area contributed by atoms with Gasteiger partial charge in [-0.25, -0.2) is 9.37 Å². The van der Waals surface area contributed by atoms with E-state index in [0.29, 0.717) is 24.4 Å². The molecule has 1 amide bonds. The Hall–Kier alpha value is -2.73. The Morgan fingerprint density at radius 2 is 2.00 bits per heavy atom. The summed E-state index contributed by atoms with van der Waals surface area (Å²) in [6.07, 6.45) is 3.94. The predicted octanol–water partition coefficient (Wildman–Crippen LogP) is 5.61. The molecule has 2 aliphatic heterocycles. The highest BCUT2D eigenvalue weighted by molar-refractivity contribution is 7.13. The van der Waals surface area contributed by atoms with Crippen molar-refractivity contribution < 1.29 is 9.18 Å². The molecule has 6 rings (SSSR count). The maximum Gasteiger partial charge on any atom is 0.255 e. The van der Waals surface area contributed by atoms with Crippen LogP contribution < -0.4 is 5.32 Å². The number of thiazole rings is 1. The Morgan fingerprint density at radius 1 is 1.23 bits per heavy atom. The Morgan fingerprint density at radius 3 is 2.71 bits per heavy atom. The number of piperidine rings is 2. The smallest absolute Gasteiger partial charge is 0.255 e. The van der Waals surface area contributed by atoms with Gasteiger partial charge < -0.3 is 10.2 Å². The van der Waals surface area contributed by atoms with Crippen LogP contribution in [-0.4, -0.2) is 34.4 Å². The topological polar surface area (TPSA) is 45.2 Å². The van der Waals surface area contributed by atoms with Gasteiger partial charge in [-0.3, -0.25) is 4.79 Å². The Labute approximate surface area is 186 Å². The molecule has 1 aromatic heterocycles. The molecular weight excluding hydrogens is 409 g/mol. The maximum atomic E-state index is 13.9. The van der Waals surface area contributed by atoms with Gasteiger partial charge in [0.15, 0.2) is 0 Å². The van der Waals surface area contributed by atoms with Crippen LogP contribution >= 0.6 is 11.3 Å². The van der Waals surface area contributed by atoms with Gasteiger partial charge in [0.25, 0.3) is 5.91 Å². The first kappa shape index (κ1) is 20.2. The Balaban J connectivity index is 1.45. The van der Waals surface area contributed by atoms with Gasteiger partial charge in [-0.15, -0.1) is 11.3 Å². The predicted molar refractivity (Wildman–Crippen MR) is 123 cm³/mol. The van der Waals surface area contributed by atoms with Gasteiger partial charge in [0.2, 0.25) is 0 Å². The molecule has 6 heteroatoms. The summed E-state index contributed by atoms with van der Waals surface area (Å²) in [5.74, 6) is 0.929. The molecule has 2 aromatic carbocycles. The van der Waals surface area contributed by atoms with Crippen LogP contribution in [0.1, 0.15) is 35.7 Å². The number of nitrogens with zero attached hydrogens (tertiary/aromatic N) is 2. The molecule has 160 valence electrons. The van der Waals surface area contributed by atoms with E-state index in [4.69, 9.17) is 0 Å². The van der Waals surface area contributed by atoms with Crippen LogP contribution in [0.5, 0.6) is 0 Å². The number of rotatable bonds is 5. The molecule has 2 bridgehead atoms. The first-order chi connectivity index (χ1) is 15.0. The van der Waals surface area contributed by atoms with Gasteiger partial charge in [0, 0.05) is 35.4 Å². The zero-order valence-electron chi connectivity index (χ0n) is 17.7. The summed E-state index contributed by atoms with van der Waals surface area (Å²) in [5, 5.41) is 6.25. The Kier molecular flexibility index (Phi) is 5.26. The van der Waals surface area contributed by atoms with E-state index in [0.717, 1.165) is 40.2 Å².